The van der Waals surface area contributed by atoms with Crippen LogP contribution in [0.25, 0.3) is 22.7 Å². The summed E-state index contributed by atoms with van der Waals surface area (Å²) in [7, 11) is 0. The van der Waals surface area contributed by atoms with Gasteiger partial charge in [-0.3, -0.25) is 0 Å². The summed E-state index contributed by atoms with van der Waals surface area (Å²) in [6.07, 6.45) is 2.26. The fourth-order valence-corrected chi connectivity index (χ4v) is 3.04. The number of benzene rings is 1. The van der Waals surface area contributed by atoms with Crippen molar-refractivity contribution in [3.05, 3.63) is 60.4 Å². The van der Waals surface area contributed by atoms with Crippen LogP contribution in [0, 0.1) is 0 Å². The molecule has 0 aliphatic carbocycles. The first kappa shape index (κ1) is 17.2. The molecule has 0 atom stereocenters. The summed E-state index contributed by atoms with van der Waals surface area (Å²) in [4.78, 5) is 17.1. The van der Waals surface area contributed by atoms with Crippen molar-refractivity contribution in [3.63, 3.8) is 0 Å². The van der Waals surface area contributed by atoms with Gasteiger partial charge in [-0.05, 0) is 31.2 Å². The molecule has 0 saturated heterocycles. The zero-order valence-electron chi connectivity index (χ0n) is 14.4. The molecule has 0 unspecified atom stereocenters. The van der Waals surface area contributed by atoms with Crippen LogP contribution in [0.2, 0.25) is 0 Å². The smallest absolute Gasteiger partial charge is 0.327 e. The number of fused-ring (bicyclic) bond motifs is 1. The fraction of sp³-hybridized carbons (Fsp3) is 0.222. The lowest BCUT2D eigenvalue weighted by atomic mass is 10.2. The predicted molar refractivity (Wildman–Crippen MR) is 92.8 cm³/mol. The highest BCUT2D eigenvalue weighted by Crippen LogP contribution is 2.31. The highest BCUT2D eigenvalue weighted by atomic mass is 19.4. The van der Waals surface area contributed by atoms with E-state index in [2.05, 4.69) is 19.9 Å². The average molecular weight is 372 g/mol. The maximum Gasteiger partial charge on any atom is 0.416 e. The first-order chi connectivity index (χ1) is 13.0. The van der Waals surface area contributed by atoms with Gasteiger partial charge in [-0.2, -0.15) is 13.2 Å². The Morgan fingerprint density at radius 2 is 1.81 bits per heavy atom. The van der Waals surface area contributed by atoms with Crippen molar-refractivity contribution < 1.29 is 13.2 Å². The molecule has 1 aromatic carbocycles. The van der Waals surface area contributed by atoms with E-state index in [1.807, 2.05) is 16.1 Å². The number of aryl methyl sites for hydroxylation is 1. The van der Waals surface area contributed by atoms with E-state index in [-0.39, 0.29) is 0 Å². The van der Waals surface area contributed by atoms with Crippen LogP contribution in [-0.2, 0) is 19.3 Å². The largest absolute Gasteiger partial charge is 0.416 e. The maximum absolute atomic E-state index is 13.0. The normalized spacial score (nSPS) is 12.0. The number of halogens is 3. The van der Waals surface area contributed by atoms with Crippen LogP contribution < -0.4 is 0 Å². The van der Waals surface area contributed by atoms with Gasteiger partial charge in [0.05, 0.1) is 23.1 Å². The molecule has 6 nitrogen and oxygen atoms in total. The van der Waals surface area contributed by atoms with Crippen LogP contribution in [0.4, 0.5) is 13.2 Å². The molecule has 3 heterocycles. The van der Waals surface area contributed by atoms with E-state index in [1.54, 1.807) is 30.9 Å². The van der Waals surface area contributed by atoms with Crippen LogP contribution in [0.1, 0.15) is 18.3 Å². The Morgan fingerprint density at radius 1 is 1.04 bits per heavy atom. The Balaban J connectivity index is 1.76. The molecule has 0 aliphatic rings. The predicted octanol–water partition coefficient (Wildman–Crippen LogP) is 3.78. The van der Waals surface area contributed by atoms with Crippen LogP contribution in [-0.4, -0.2) is 29.1 Å². The summed E-state index contributed by atoms with van der Waals surface area (Å²) in [5, 5.41) is 0. The number of hydrogen-bond acceptors (Lipinski definition) is 4. The number of aromatic nitrogens is 6. The average Bonchev–Trinajstić information content (AvgIpc) is 3.25. The van der Waals surface area contributed by atoms with Gasteiger partial charge in [-0.25, -0.2) is 19.9 Å². The third-order valence-electron chi connectivity index (χ3n) is 4.26. The summed E-state index contributed by atoms with van der Waals surface area (Å²) < 4.78 is 42.7. The zero-order valence-corrected chi connectivity index (χ0v) is 14.4. The molecule has 0 fully saturated rings. The van der Waals surface area contributed by atoms with E-state index in [4.69, 9.17) is 0 Å². The zero-order chi connectivity index (χ0) is 19.0. The quantitative estimate of drug-likeness (QED) is 0.547. The molecule has 0 amide bonds. The van der Waals surface area contributed by atoms with Gasteiger partial charge in [0.2, 0.25) is 0 Å². The van der Waals surface area contributed by atoms with Crippen molar-refractivity contribution in [1.82, 2.24) is 29.1 Å². The first-order valence-electron chi connectivity index (χ1n) is 8.32. The Morgan fingerprint density at radius 3 is 2.52 bits per heavy atom. The molecule has 0 radical (unpaired) electrons. The lowest BCUT2D eigenvalue weighted by Crippen LogP contribution is -2.09. The molecule has 0 aliphatic heterocycles. The van der Waals surface area contributed by atoms with Crippen molar-refractivity contribution in [2.75, 3.05) is 0 Å². The summed E-state index contributed by atoms with van der Waals surface area (Å²) in [6.45, 7) is 2.86. The highest BCUT2D eigenvalue weighted by molar-refractivity contribution is 5.77. The van der Waals surface area contributed by atoms with Gasteiger partial charge in [0.25, 0.3) is 0 Å². The van der Waals surface area contributed by atoms with E-state index in [9.17, 15) is 13.2 Å². The van der Waals surface area contributed by atoms with Crippen molar-refractivity contribution >= 4 is 11.0 Å². The van der Waals surface area contributed by atoms with Crippen LogP contribution in [0.15, 0.2) is 49.1 Å². The third-order valence-corrected chi connectivity index (χ3v) is 4.26. The molecule has 0 bridgehead atoms. The Bertz CT molecular complexity index is 1080. The molecular formula is C18H15F3N6. The van der Waals surface area contributed by atoms with Gasteiger partial charge in [0.15, 0.2) is 11.6 Å². The molecule has 4 rings (SSSR count). The maximum atomic E-state index is 13.0. The topological polar surface area (TPSA) is 61.4 Å². The van der Waals surface area contributed by atoms with Crippen molar-refractivity contribution in [2.45, 2.75) is 26.2 Å². The van der Waals surface area contributed by atoms with Gasteiger partial charge in [-0.15, -0.1) is 0 Å². The van der Waals surface area contributed by atoms with Crippen LogP contribution >= 0.6 is 0 Å². The Hall–Kier alpha value is -3.23. The van der Waals surface area contributed by atoms with Gasteiger partial charge >= 0.3 is 6.18 Å². The Kier molecular flexibility index (Phi) is 4.14. The summed E-state index contributed by atoms with van der Waals surface area (Å²) in [5.74, 6) is 1.68. The molecule has 0 N–H and O–H groups in total. The van der Waals surface area contributed by atoms with Gasteiger partial charge in [-0.1, -0.05) is 0 Å². The molecule has 138 valence electrons. The van der Waals surface area contributed by atoms with E-state index < -0.39 is 11.7 Å². The van der Waals surface area contributed by atoms with Crippen LogP contribution in [0.5, 0.6) is 0 Å². The van der Waals surface area contributed by atoms with Crippen molar-refractivity contribution in [3.8, 4) is 11.6 Å². The second-order valence-corrected chi connectivity index (χ2v) is 5.92. The lowest BCUT2D eigenvalue weighted by Gasteiger charge is -2.09. The minimum atomic E-state index is -4.40. The second-order valence-electron chi connectivity index (χ2n) is 5.92. The molecule has 9 heteroatoms. The van der Waals surface area contributed by atoms with E-state index in [0.717, 1.165) is 12.1 Å². The van der Waals surface area contributed by atoms with E-state index in [0.29, 0.717) is 41.6 Å². The van der Waals surface area contributed by atoms with Gasteiger partial charge < -0.3 is 9.13 Å². The standard InChI is InChI=1S/C18H15F3N6/c1-2-27-14-5-4-12(18(19,20)21)10-13(14)25-15(27)11-26-9-8-24-17(26)16-22-6-3-7-23-16/h3-10H,2,11H2,1H3. The second kappa shape index (κ2) is 6.49. The third kappa shape index (κ3) is 3.16. The minimum Gasteiger partial charge on any atom is -0.327 e. The number of rotatable bonds is 4. The fourth-order valence-electron chi connectivity index (χ4n) is 3.04. The van der Waals surface area contributed by atoms with E-state index >= 15 is 0 Å². The molecular weight excluding hydrogens is 357 g/mol. The van der Waals surface area contributed by atoms with Gasteiger partial charge in [0, 0.05) is 31.3 Å². The van der Waals surface area contributed by atoms with Gasteiger partial charge in [0.1, 0.15) is 5.82 Å². The van der Waals surface area contributed by atoms with Crippen molar-refractivity contribution in [2.24, 2.45) is 0 Å². The van der Waals surface area contributed by atoms with Crippen LogP contribution in [0.3, 0.4) is 0 Å². The first-order valence-corrected chi connectivity index (χ1v) is 8.32. The number of hydrogen-bond donors (Lipinski definition) is 0. The molecule has 27 heavy (non-hydrogen) atoms. The summed E-state index contributed by atoms with van der Waals surface area (Å²) in [5.41, 5.74) is 0.278. The highest BCUT2D eigenvalue weighted by Gasteiger charge is 2.31. The van der Waals surface area contributed by atoms with Crippen molar-refractivity contribution in [1.29, 1.82) is 0 Å². The lowest BCUT2D eigenvalue weighted by molar-refractivity contribution is -0.137. The summed E-state index contributed by atoms with van der Waals surface area (Å²) in [6, 6.07) is 5.35. The number of alkyl halides is 3. The minimum absolute atomic E-state index is 0.319. The Labute approximate surface area is 152 Å². The molecule has 3 aromatic heterocycles. The molecule has 0 spiro atoms. The number of imidazole rings is 2. The molecule has 0 saturated carbocycles. The molecule has 4 aromatic rings. The van der Waals surface area contributed by atoms with E-state index in [1.165, 1.54) is 6.07 Å². The number of nitrogens with zero attached hydrogens (tertiary/aromatic N) is 6. The monoisotopic (exact) mass is 372 g/mol. The summed E-state index contributed by atoms with van der Waals surface area (Å²) >= 11 is 0. The SMILES string of the molecule is CCn1c(Cn2ccnc2-c2ncccn2)nc2cc(C(F)(F)F)ccc21.